The van der Waals surface area contributed by atoms with E-state index in [0.29, 0.717) is 12.6 Å². The molecule has 0 aromatic carbocycles. The quantitative estimate of drug-likeness (QED) is 0.533. The molecule has 0 bridgehead atoms. The highest BCUT2D eigenvalue weighted by Crippen LogP contribution is 2.09. The van der Waals surface area contributed by atoms with Gasteiger partial charge < -0.3 is 5.32 Å². The van der Waals surface area contributed by atoms with Crippen molar-refractivity contribution in [2.24, 2.45) is 0 Å². The van der Waals surface area contributed by atoms with E-state index in [1.54, 1.807) is 0 Å². The maximum Gasteiger partial charge on any atom is 0.276 e. The van der Waals surface area contributed by atoms with E-state index in [0.717, 1.165) is 19.4 Å². The van der Waals surface area contributed by atoms with Gasteiger partial charge in [0.1, 0.15) is 0 Å². The lowest BCUT2D eigenvalue weighted by Crippen LogP contribution is -2.35. The third kappa shape index (κ3) is 4.36. The second-order valence-corrected chi connectivity index (χ2v) is 5.24. The Kier molecular flexibility index (Phi) is 4.80. The van der Waals surface area contributed by atoms with Gasteiger partial charge in [0.25, 0.3) is 10.2 Å². The molecule has 0 radical (unpaired) electrons. The largest absolute Gasteiger partial charge is 0.314 e. The first-order chi connectivity index (χ1) is 6.64. The zero-order valence-corrected chi connectivity index (χ0v) is 9.36. The third-order valence-electron chi connectivity index (χ3n) is 2.45. The van der Waals surface area contributed by atoms with Crippen molar-refractivity contribution in [1.29, 1.82) is 0 Å². The van der Waals surface area contributed by atoms with Crippen molar-refractivity contribution in [3.63, 3.8) is 0 Å². The lowest BCUT2D eigenvalue weighted by molar-refractivity contribution is 0.525. The number of rotatable bonds is 6. The zero-order chi connectivity index (χ0) is 10.4. The molecule has 5 nitrogen and oxygen atoms in total. The first-order valence-electron chi connectivity index (χ1n) is 5.05. The highest BCUT2D eigenvalue weighted by molar-refractivity contribution is 7.87. The molecule has 3 N–H and O–H groups in total. The molecular weight excluding hydrogens is 202 g/mol. The average molecular weight is 221 g/mol. The molecule has 14 heavy (non-hydrogen) atoms. The second-order valence-electron chi connectivity index (χ2n) is 3.54. The van der Waals surface area contributed by atoms with Crippen molar-refractivity contribution in [2.75, 3.05) is 20.1 Å². The molecule has 1 fully saturated rings. The number of hydrogen-bond donors (Lipinski definition) is 3. The van der Waals surface area contributed by atoms with Crippen molar-refractivity contribution < 1.29 is 8.42 Å². The van der Waals surface area contributed by atoms with Crippen molar-refractivity contribution in [1.82, 2.24) is 14.8 Å². The fraction of sp³-hybridized carbons (Fsp3) is 1.00. The Bertz CT molecular complexity index is 247. The summed E-state index contributed by atoms with van der Waals surface area (Å²) in [4.78, 5) is 0. The Morgan fingerprint density at radius 1 is 1.50 bits per heavy atom. The molecule has 0 spiro atoms. The van der Waals surface area contributed by atoms with E-state index in [2.05, 4.69) is 14.8 Å². The summed E-state index contributed by atoms with van der Waals surface area (Å²) in [5, 5.41) is 3.38. The van der Waals surface area contributed by atoms with E-state index < -0.39 is 10.2 Å². The minimum absolute atomic E-state index is 0.515. The van der Waals surface area contributed by atoms with Gasteiger partial charge in [0, 0.05) is 19.6 Å². The summed E-state index contributed by atoms with van der Waals surface area (Å²) < 4.78 is 26.6. The molecule has 1 saturated heterocycles. The SMILES string of the molecule is CNS(=O)(=O)NCCCC1CCCN1. The molecule has 0 saturated carbocycles. The van der Waals surface area contributed by atoms with Gasteiger partial charge in [-0.3, -0.25) is 0 Å². The highest BCUT2D eigenvalue weighted by Gasteiger charge is 2.13. The van der Waals surface area contributed by atoms with Crippen LogP contribution in [0.1, 0.15) is 25.7 Å². The zero-order valence-electron chi connectivity index (χ0n) is 8.54. The topological polar surface area (TPSA) is 70.2 Å². The maximum absolute atomic E-state index is 11.0. The Balaban J connectivity index is 2.04. The minimum atomic E-state index is -3.24. The van der Waals surface area contributed by atoms with E-state index in [9.17, 15) is 8.42 Å². The second kappa shape index (κ2) is 5.65. The van der Waals surface area contributed by atoms with Gasteiger partial charge in [-0.2, -0.15) is 8.42 Å². The van der Waals surface area contributed by atoms with Crippen LogP contribution in [0.2, 0.25) is 0 Å². The molecular formula is C8H19N3O2S. The number of nitrogens with one attached hydrogen (secondary N) is 3. The van der Waals surface area contributed by atoms with Crippen LogP contribution >= 0.6 is 0 Å². The summed E-state index contributed by atoms with van der Waals surface area (Å²) in [7, 11) is -1.83. The molecule has 1 rings (SSSR count). The van der Waals surface area contributed by atoms with Gasteiger partial charge in [-0.15, -0.1) is 0 Å². The third-order valence-corrected chi connectivity index (χ3v) is 3.57. The van der Waals surface area contributed by atoms with Crippen LogP contribution in [0, 0.1) is 0 Å². The van der Waals surface area contributed by atoms with Crippen LogP contribution < -0.4 is 14.8 Å². The van der Waals surface area contributed by atoms with E-state index in [1.165, 1.54) is 19.9 Å². The molecule has 0 aliphatic carbocycles. The van der Waals surface area contributed by atoms with E-state index >= 15 is 0 Å². The van der Waals surface area contributed by atoms with Gasteiger partial charge >= 0.3 is 0 Å². The Morgan fingerprint density at radius 2 is 2.29 bits per heavy atom. The predicted octanol–water partition coefficient (Wildman–Crippen LogP) is -0.428. The summed E-state index contributed by atoms with van der Waals surface area (Å²) in [6.07, 6.45) is 4.40. The molecule has 84 valence electrons. The summed E-state index contributed by atoms with van der Waals surface area (Å²) in [5.41, 5.74) is 0. The first kappa shape index (κ1) is 11.9. The standard InChI is InChI=1S/C8H19N3O2S/c1-9-14(12,13)11-7-3-5-8-4-2-6-10-8/h8-11H,2-7H2,1H3. The predicted molar refractivity (Wildman–Crippen MR) is 56.2 cm³/mol. The minimum Gasteiger partial charge on any atom is -0.314 e. The van der Waals surface area contributed by atoms with Crippen LogP contribution in [0.3, 0.4) is 0 Å². The molecule has 0 amide bonds. The molecule has 1 aliphatic rings. The van der Waals surface area contributed by atoms with Crippen molar-refractivity contribution in [3.05, 3.63) is 0 Å². The van der Waals surface area contributed by atoms with Gasteiger partial charge in [-0.05, 0) is 32.2 Å². The van der Waals surface area contributed by atoms with Crippen LogP contribution in [-0.2, 0) is 10.2 Å². The normalized spacial score (nSPS) is 22.8. The summed E-state index contributed by atoms with van der Waals surface area (Å²) in [6.45, 7) is 1.62. The Hall–Kier alpha value is -0.170. The summed E-state index contributed by atoms with van der Waals surface area (Å²) in [5.74, 6) is 0. The first-order valence-corrected chi connectivity index (χ1v) is 6.54. The van der Waals surface area contributed by atoms with E-state index in [1.807, 2.05) is 0 Å². The van der Waals surface area contributed by atoms with Gasteiger partial charge in [-0.25, -0.2) is 9.44 Å². The van der Waals surface area contributed by atoms with Crippen LogP contribution in [-0.4, -0.2) is 34.6 Å². The summed E-state index contributed by atoms with van der Waals surface area (Å²) in [6, 6.07) is 0.592. The fourth-order valence-corrected chi connectivity index (χ4v) is 2.19. The Morgan fingerprint density at radius 3 is 2.86 bits per heavy atom. The van der Waals surface area contributed by atoms with Crippen molar-refractivity contribution in [2.45, 2.75) is 31.7 Å². The van der Waals surface area contributed by atoms with Crippen LogP contribution in [0.15, 0.2) is 0 Å². The molecule has 1 aliphatic heterocycles. The molecule has 6 heteroatoms. The van der Waals surface area contributed by atoms with Gasteiger partial charge in [0.2, 0.25) is 0 Å². The fourth-order valence-electron chi connectivity index (χ4n) is 1.63. The smallest absolute Gasteiger partial charge is 0.276 e. The van der Waals surface area contributed by atoms with Crippen LogP contribution in [0.25, 0.3) is 0 Å². The molecule has 0 aromatic heterocycles. The van der Waals surface area contributed by atoms with Crippen LogP contribution in [0.5, 0.6) is 0 Å². The van der Waals surface area contributed by atoms with Gasteiger partial charge in [0.05, 0.1) is 0 Å². The monoisotopic (exact) mass is 221 g/mol. The maximum atomic E-state index is 11.0. The Labute approximate surface area is 85.8 Å². The molecule has 1 atom stereocenters. The number of hydrogen-bond acceptors (Lipinski definition) is 3. The van der Waals surface area contributed by atoms with E-state index in [-0.39, 0.29) is 0 Å². The van der Waals surface area contributed by atoms with Gasteiger partial charge in [0.15, 0.2) is 0 Å². The van der Waals surface area contributed by atoms with Crippen LogP contribution in [0.4, 0.5) is 0 Å². The average Bonchev–Trinajstić information content (AvgIpc) is 2.65. The lowest BCUT2D eigenvalue weighted by Gasteiger charge is -2.09. The van der Waals surface area contributed by atoms with E-state index in [4.69, 9.17) is 0 Å². The highest BCUT2D eigenvalue weighted by atomic mass is 32.2. The van der Waals surface area contributed by atoms with Gasteiger partial charge in [-0.1, -0.05) is 0 Å². The molecule has 0 aromatic rings. The van der Waals surface area contributed by atoms with Crippen molar-refractivity contribution >= 4 is 10.2 Å². The molecule has 1 unspecified atom stereocenters. The lowest BCUT2D eigenvalue weighted by atomic mass is 10.1. The summed E-state index contributed by atoms with van der Waals surface area (Å²) >= 11 is 0. The van der Waals surface area contributed by atoms with Crippen molar-refractivity contribution in [3.8, 4) is 0 Å². The molecule has 1 heterocycles.